The molecule has 9 nitrogen and oxygen atoms in total. The van der Waals surface area contributed by atoms with Gasteiger partial charge in [0, 0.05) is 46.6 Å². The molecule has 222 valence electrons. The minimum atomic E-state index is -0.751. The average molecular weight is 619 g/mol. The fourth-order valence-electron chi connectivity index (χ4n) is 4.98. The summed E-state index contributed by atoms with van der Waals surface area (Å²) in [4.78, 5) is 45.2. The predicted molar refractivity (Wildman–Crippen MR) is 168 cm³/mol. The third-order valence-electron chi connectivity index (χ3n) is 7.14. The van der Waals surface area contributed by atoms with Crippen LogP contribution < -0.4 is 21.1 Å². The van der Waals surface area contributed by atoms with Gasteiger partial charge in [-0.25, -0.2) is 9.78 Å². The molecule has 5 rings (SSSR count). The number of nitrogens with zero attached hydrogens (tertiary/aromatic N) is 1. The number of thiophene rings is 1. The van der Waals surface area contributed by atoms with E-state index >= 15 is 0 Å². The number of benzene rings is 2. The van der Waals surface area contributed by atoms with E-state index < -0.39 is 17.8 Å². The number of nitrogens with two attached hydrogens (primary N) is 1. The molecule has 0 aliphatic carbocycles. The van der Waals surface area contributed by atoms with Crippen LogP contribution in [0.25, 0.3) is 21.6 Å². The monoisotopic (exact) mass is 618 g/mol. The first kappa shape index (κ1) is 30.2. The van der Waals surface area contributed by atoms with Crippen molar-refractivity contribution in [3.63, 3.8) is 0 Å². The molecule has 11 heteroatoms. The van der Waals surface area contributed by atoms with E-state index in [-0.39, 0.29) is 17.0 Å². The summed E-state index contributed by atoms with van der Waals surface area (Å²) in [5, 5.41) is 8.09. The van der Waals surface area contributed by atoms with E-state index in [1.807, 2.05) is 25.3 Å². The molecule has 2 amide bonds. The van der Waals surface area contributed by atoms with Gasteiger partial charge in [-0.05, 0) is 71.8 Å². The lowest BCUT2D eigenvalue weighted by molar-refractivity contribution is 0.0594. The van der Waals surface area contributed by atoms with Crippen molar-refractivity contribution in [1.82, 2.24) is 10.3 Å². The summed E-state index contributed by atoms with van der Waals surface area (Å²) < 4.78 is 11.2. The highest BCUT2D eigenvalue weighted by molar-refractivity contribution is 7.13. The fraction of sp³-hybridized carbons (Fsp3) is 0.250. The summed E-state index contributed by atoms with van der Waals surface area (Å²) in [6, 6.07) is 12.3. The van der Waals surface area contributed by atoms with E-state index in [4.69, 9.17) is 26.8 Å². The Labute approximate surface area is 258 Å². The Bertz CT molecular complexity index is 1710. The molecule has 3 heterocycles. The number of hydrogen-bond donors (Lipinski definition) is 3. The van der Waals surface area contributed by atoms with Crippen LogP contribution in [0.2, 0.25) is 5.02 Å². The Balaban J connectivity index is 1.69. The van der Waals surface area contributed by atoms with E-state index in [0.717, 1.165) is 33.6 Å². The minimum absolute atomic E-state index is 0.0558. The zero-order valence-electron chi connectivity index (χ0n) is 24.0. The first-order valence-corrected chi connectivity index (χ1v) is 15.1. The first-order valence-electron chi connectivity index (χ1n) is 13.8. The molecule has 4 aromatic rings. The number of aromatic nitrogens is 1. The lowest BCUT2D eigenvalue weighted by Gasteiger charge is -2.18. The smallest absolute Gasteiger partial charge is 0.357 e. The van der Waals surface area contributed by atoms with Crippen molar-refractivity contribution in [2.24, 2.45) is 5.73 Å². The Morgan fingerprint density at radius 2 is 1.91 bits per heavy atom. The van der Waals surface area contributed by atoms with Crippen LogP contribution >= 0.6 is 22.9 Å². The summed E-state index contributed by atoms with van der Waals surface area (Å²) in [5.74, 6) is -1.06. The number of amides is 2. The highest BCUT2D eigenvalue weighted by Gasteiger charge is 2.27. The number of hydrogen-bond acceptors (Lipinski definition) is 8. The second-order valence-electron chi connectivity index (χ2n) is 10.0. The maximum absolute atomic E-state index is 14.1. The predicted octanol–water partition coefficient (Wildman–Crippen LogP) is 6.01. The van der Waals surface area contributed by atoms with Crippen molar-refractivity contribution in [2.45, 2.75) is 33.2 Å². The molecule has 0 atom stereocenters. The summed E-state index contributed by atoms with van der Waals surface area (Å²) >= 11 is 8.13. The SMILES string of the molecule is CCCNC(=O)c1ccc(-c2cc3c(cc2C(=O)Nc2c(C)cc(CN)cc2Cl)-c2sccc2CCO3)c(C(=O)OC)n1. The van der Waals surface area contributed by atoms with Crippen LogP contribution in [0.3, 0.4) is 0 Å². The molecule has 1 aliphatic heterocycles. The van der Waals surface area contributed by atoms with Gasteiger partial charge in [0.25, 0.3) is 11.8 Å². The van der Waals surface area contributed by atoms with Gasteiger partial charge in [0.2, 0.25) is 0 Å². The Morgan fingerprint density at radius 1 is 1.09 bits per heavy atom. The van der Waals surface area contributed by atoms with Crippen LogP contribution in [0.15, 0.2) is 47.8 Å². The molecule has 1 aliphatic rings. The van der Waals surface area contributed by atoms with Gasteiger partial charge in [0.15, 0.2) is 5.69 Å². The number of carbonyl (C=O) groups is 3. The van der Waals surface area contributed by atoms with Gasteiger partial charge in [0.1, 0.15) is 11.4 Å². The zero-order valence-corrected chi connectivity index (χ0v) is 25.6. The second kappa shape index (κ2) is 12.9. The van der Waals surface area contributed by atoms with Crippen LogP contribution in [-0.4, -0.2) is 43.0 Å². The van der Waals surface area contributed by atoms with Gasteiger partial charge in [-0.1, -0.05) is 24.6 Å². The quantitative estimate of drug-likeness (QED) is 0.206. The number of halogens is 1. The summed E-state index contributed by atoms with van der Waals surface area (Å²) in [6.45, 7) is 4.99. The van der Waals surface area contributed by atoms with Crippen LogP contribution in [0.1, 0.15) is 61.4 Å². The molecule has 0 saturated heterocycles. The van der Waals surface area contributed by atoms with E-state index in [1.165, 1.54) is 13.2 Å². The van der Waals surface area contributed by atoms with Gasteiger partial charge in [-0.15, -0.1) is 11.3 Å². The minimum Gasteiger partial charge on any atom is -0.493 e. The molecular weight excluding hydrogens is 588 g/mol. The fourth-order valence-corrected chi connectivity index (χ4v) is 6.30. The average Bonchev–Trinajstić information content (AvgIpc) is 3.41. The van der Waals surface area contributed by atoms with E-state index in [9.17, 15) is 14.4 Å². The van der Waals surface area contributed by atoms with Crippen LogP contribution in [0.5, 0.6) is 5.75 Å². The molecular formula is C32H31ClN4O5S. The third kappa shape index (κ3) is 6.13. The number of fused-ring (bicyclic) bond motifs is 3. The van der Waals surface area contributed by atoms with Crippen LogP contribution in [0.4, 0.5) is 5.69 Å². The first-order chi connectivity index (χ1) is 20.7. The Kier molecular flexibility index (Phi) is 9.10. The highest BCUT2D eigenvalue weighted by atomic mass is 35.5. The standard InChI is InChI=1S/C32H31ClN4O5S/c1-4-9-35-31(39)25-6-5-20(28(36-25)32(40)41-3)21-15-26-23(29-19(7-10-42-26)8-11-43-29)14-22(21)30(38)37-27-17(2)12-18(16-34)13-24(27)33/h5-6,8,11-15H,4,7,9-10,16,34H2,1-3H3,(H,35,39)(H,37,38). The number of carbonyl (C=O) groups excluding carboxylic acids is 3. The number of anilines is 1. The van der Waals surface area contributed by atoms with Gasteiger partial charge >= 0.3 is 5.97 Å². The van der Waals surface area contributed by atoms with Crippen molar-refractivity contribution < 1.29 is 23.9 Å². The third-order valence-corrected chi connectivity index (χ3v) is 8.43. The lowest BCUT2D eigenvalue weighted by atomic mass is 9.93. The van der Waals surface area contributed by atoms with Crippen molar-refractivity contribution in [2.75, 3.05) is 25.6 Å². The zero-order chi connectivity index (χ0) is 30.7. The summed E-state index contributed by atoms with van der Waals surface area (Å²) in [7, 11) is 1.24. The number of pyridine rings is 1. The van der Waals surface area contributed by atoms with E-state index in [1.54, 1.807) is 35.6 Å². The topological polar surface area (TPSA) is 133 Å². The van der Waals surface area contributed by atoms with Crippen LogP contribution in [-0.2, 0) is 17.7 Å². The molecule has 0 unspecified atom stereocenters. The van der Waals surface area contributed by atoms with Crippen LogP contribution in [0, 0.1) is 6.92 Å². The van der Waals surface area contributed by atoms with E-state index in [2.05, 4.69) is 21.7 Å². The largest absolute Gasteiger partial charge is 0.493 e. The number of methoxy groups -OCH3 is 1. The molecule has 0 bridgehead atoms. The number of ether oxygens (including phenoxy) is 2. The lowest BCUT2D eigenvalue weighted by Crippen LogP contribution is -2.26. The highest BCUT2D eigenvalue weighted by Crippen LogP contribution is 2.43. The van der Waals surface area contributed by atoms with E-state index in [0.29, 0.717) is 53.7 Å². The molecule has 0 radical (unpaired) electrons. The molecule has 2 aromatic carbocycles. The second-order valence-corrected chi connectivity index (χ2v) is 11.4. The number of rotatable bonds is 8. The maximum atomic E-state index is 14.1. The van der Waals surface area contributed by atoms with Crippen molar-refractivity contribution in [3.05, 3.63) is 86.5 Å². The summed E-state index contributed by atoms with van der Waals surface area (Å²) in [6.07, 6.45) is 1.45. The Morgan fingerprint density at radius 3 is 2.63 bits per heavy atom. The van der Waals surface area contributed by atoms with Crippen molar-refractivity contribution in [1.29, 1.82) is 0 Å². The number of esters is 1. The number of aryl methyl sites for hydroxylation is 1. The summed E-state index contributed by atoms with van der Waals surface area (Å²) in [5.41, 5.74) is 10.6. The molecule has 0 saturated carbocycles. The molecule has 4 N–H and O–H groups in total. The normalized spacial score (nSPS) is 11.9. The van der Waals surface area contributed by atoms with Gasteiger partial charge in [0.05, 0.1) is 24.4 Å². The maximum Gasteiger partial charge on any atom is 0.357 e. The van der Waals surface area contributed by atoms with Gasteiger partial charge < -0.3 is 25.8 Å². The molecule has 43 heavy (non-hydrogen) atoms. The molecule has 0 fully saturated rings. The van der Waals surface area contributed by atoms with Crippen molar-refractivity contribution in [3.8, 4) is 27.3 Å². The van der Waals surface area contributed by atoms with Gasteiger partial charge in [-0.3, -0.25) is 9.59 Å². The Hall–Kier alpha value is -4.25. The number of nitrogens with one attached hydrogen (secondary N) is 2. The molecule has 0 spiro atoms. The molecule has 2 aromatic heterocycles. The van der Waals surface area contributed by atoms with Gasteiger partial charge in [-0.2, -0.15) is 0 Å². The van der Waals surface area contributed by atoms with Crippen molar-refractivity contribution >= 4 is 46.4 Å².